The summed E-state index contributed by atoms with van der Waals surface area (Å²) in [7, 11) is 0. The normalized spacial score (nSPS) is 14.9. The smallest absolute Gasteiger partial charge is 0.251 e. The highest BCUT2D eigenvalue weighted by molar-refractivity contribution is 5.97. The lowest BCUT2D eigenvalue weighted by molar-refractivity contribution is -0.130. The van der Waals surface area contributed by atoms with E-state index in [1.807, 2.05) is 0 Å². The Morgan fingerprint density at radius 2 is 1.75 bits per heavy atom. The van der Waals surface area contributed by atoms with Gasteiger partial charge in [-0.1, -0.05) is 0 Å². The van der Waals surface area contributed by atoms with E-state index in [0.717, 1.165) is 19.2 Å². The number of carbonyl (C=O) groups is 2. The van der Waals surface area contributed by atoms with Crippen molar-refractivity contribution in [2.24, 2.45) is 0 Å². The molecule has 1 heterocycles. The summed E-state index contributed by atoms with van der Waals surface area (Å²) >= 11 is 0. The predicted octanol–water partition coefficient (Wildman–Crippen LogP) is -0.741. The first-order valence-electron chi connectivity index (χ1n) is 6.36. The van der Waals surface area contributed by atoms with Crippen molar-refractivity contribution in [2.75, 3.05) is 32.7 Å². The van der Waals surface area contributed by atoms with Crippen molar-refractivity contribution in [1.29, 1.82) is 0 Å². The molecule has 1 aliphatic heterocycles. The van der Waals surface area contributed by atoms with E-state index in [-0.39, 0.29) is 29.5 Å². The lowest BCUT2D eigenvalue weighted by Crippen LogP contribution is -2.49. The second-order valence-corrected chi connectivity index (χ2v) is 4.55. The quantitative estimate of drug-likeness (QED) is 0.584. The van der Waals surface area contributed by atoms with Gasteiger partial charge in [0.05, 0.1) is 6.54 Å². The number of rotatable bonds is 3. The van der Waals surface area contributed by atoms with E-state index in [1.165, 1.54) is 12.1 Å². The average molecular weight is 279 g/mol. The summed E-state index contributed by atoms with van der Waals surface area (Å²) in [5.74, 6) is -1.07. The fourth-order valence-corrected chi connectivity index (χ4v) is 2.01. The number of amides is 2. The van der Waals surface area contributed by atoms with Crippen LogP contribution in [0.3, 0.4) is 0 Å². The molecule has 4 N–H and O–H groups in total. The SMILES string of the molecule is O=C(NCC(=O)N1CCNCC1)c1cc(O)cc(O)c1. The summed E-state index contributed by atoms with van der Waals surface area (Å²) in [6.07, 6.45) is 0. The van der Waals surface area contributed by atoms with Crippen LogP contribution in [0.1, 0.15) is 10.4 Å². The van der Waals surface area contributed by atoms with E-state index in [4.69, 9.17) is 0 Å². The summed E-state index contributed by atoms with van der Waals surface area (Å²) in [4.78, 5) is 25.3. The van der Waals surface area contributed by atoms with Crippen molar-refractivity contribution >= 4 is 11.8 Å². The zero-order valence-electron chi connectivity index (χ0n) is 10.9. The fourth-order valence-electron chi connectivity index (χ4n) is 2.01. The highest BCUT2D eigenvalue weighted by Crippen LogP contribution is 2.20. The number of nitrogens with one attached hydrogen (secondary N) is 2. The third-order valence-corrected chi connectivity index (χ3v) is 3.03. The first-order valence-corrected chi connectivity index (χ1v) is 6.36. The van der Waals surface area contributed by atoms with E-state index in [0.29, 0.717) is 13.1 Å². The fraction of sp³-hybridized carbons (Fsp3) is 0.385. The molecule has 0 bridgehead atoms. The number of nitrogens with zero attached hydrogens (tertiary/aromatic N) is 1. The molecule has 0 aliphatic carbocycles. The van der Waals surface area contributed by atoms with Gasteiger partial charge in [0, 0.05) is 37.8 Å². The third-order valence-electron chi connectivity index (χ3n) is 3.03. The van der Waals surface area contributed by atoms with Crippen molar-refractivity contribution in [3.8, 4) is 11.5 Å². The molecule has 0 saturated carbocycles. The molecular weight excluding hydrogens is 262 g/mol. The van der Waals surface area contributed by atoms with Gasteiger partial charge < -0.3 is 25.7 Å². The highest BCUT2D eigenvalue weighted by atomic mass is 16.3. The Morgan fingerprint density at radius 1 is 1.15 bits per heavy atom. The van der Waals surface area contributed by atoms with Crippen molar-refractivity contribution in [3.63, 3.8) is 0 Å². The molecule has 7 nitrogen and oxygen atoms in total. The highest BCUT2D eigenvalue weighted by Gasteiger charge is 2.17. The Bertz CT molecular complexity index is 492. The van der Waals surface area contributed by atoms with Crippen molar-refractivity contribution in [3.05, 3.63) is 23.8 Å². The predicted molar refractivity (Wildman–Crippen MR) is 71.6 cm³/mol. The van der Waals surface area contributed by atoms with Crippen LogP contribution in [-0.4, -0.2) is 59.7 Å². The minimum absolute atomic E-state index is 0.102. The molecule has 0 radical (unpaired) electrons. The summed E-state index contributed by atoms with van der Waals surface area (Å²) in [5.41, 5.74) is 0.107. The van der Waals surface area contributed by atoms with Gasteiger partial charge >= 0.3 is 0 Å². The van der Waals surface area contributed by atoms with E-state index in [1.54, 1.807) is 4.90 Å². The van der Waals surface area contributed by atoms with Crippen molar-refractivity contribution < 1.29 is 19.8 Å². The van der Waals surface area contributed by atoms with Crippen LogP contribution in [0.15, 0.2) is 18.2 Å². The zero-order valence-corrected chi connectivity index (χ0v) is 10.9. The minimum atomic E-state index is -0.514. The van der Waals surface area contributed by atoms with Crippen molar-refractivity contribution in [2.45, 2.75) is 0 Å². The molecule has 1 aromatic rings. The second kappa shape index (κ2) is 6.25. The van der Waals surface area contributed by atoms with Crippen LogP contribution < -0.4 is 10.6 Å². The topological polar surface area (TPSA) is 102 Å². The maximum atomic E-state index is 11.9. The standard InChI is InChI=1S/C13H17N3O4/c17-10-5-9(6-11(18)7-10)13(20)15-8-12(19)16-3-1-14-2-4-16/h5-7,14,17-18H,1-4,8H2,(H,15,20). The van der Waals surface area contributed by atoms with Crippen LogP contribution in [-0.2, 0) is 4.79 Å². The Kier molecular flexibility index (Phi) is 4.41. The Balaban J connectivity index is 1.89. The number of phenolic OH excluding ortho intramolecular Hbond substituents is 2. The lowest BCUT2D eigenvalue weighted by Gasteiger charge is -2.27. The molecule has 7 heteroatoms. The number of aromatic hydroxyl groups is 2. The number of hydrogen-bond donors (Lipinski definition) is 4. The second-order valence-electron chi connectivity index (χ2n) is 4.55. The molecule has 1 fully saturated rings. The molecule has 20 heavy (non-hydrogen) atoms. The minimum Gasteiger partial charge on any atom is -0.508 e. The van der Waals surface area contributed by atoms with Gasteiger partial charge in [0.25, 0.3) is 5.91 Å². The summed E-state index contributed by atoms with van der Waals surface area (Å²) in [6, 6.07) is 3.58. The Labute approximate surface area is 116 Å². The van der Waals surface area contributed by atoms with Gasteiger partial charge in [-0.15, -0.1) is 0 Å². The van der Waals surface area contributed by atoms with Gasteiger partial charge in [-0.05, 0) is 12.1 Å². The summed E-state index contributed by atoms with van der Waals surface area (Å²) in [5, 5.41) is 24.2. The molecule has 1 aliphatic rings. The molecule has 0 spiro atoms. The molecule has 0 unspecified atom stereocenters. The molecule has 0 aromatic heterocycles. The molecule has 108 valence electrons. The molecule has 1 aromatic carbocycles. The molecular formula is C13H17N3O4. The monoisotopic (exact) mass is 279 g/mol. The lowest BCUT2D eigenvalue weighted by atomic mass is 10.2. The molecule has 1 saturated heterocycles. The Hall–Kier alpha value is -2.28. The first-order chi connectivity index (χ1) is 9.56. The van der Waals surface area contributed by atoms with E-state index < -0.39 is 5.91 Å². The van der Waals surface area contributed by atoms with E-state index in [9.17, 15) is 19.8 Å². The van der Waals surface area contributed by atoms with Crippen LogP contribution in [0.2, 0.25) is 0 Å². The summed E-state index contributed by atoms with van der Waals surface area (Å²) < 4.78 is 0. The van der Waals surface area contributed by atoms with Gasteiger partial charge in [0.2, 0.25) is 5.91 Å². The van der Waals surface area contributed by atoms with Gasteiger partial charge in [-0.2, -0.15) is 0 Å². The molecule has 0 atom stereocenters. The molecule has 2 rings (SSSR count). The number of hydrogen-bond acceptors (Lipinski definition) is 5. The first kappa shape index (κ1) is 14.1. The maximum absolute atomic E-state index is 11.9. The number of carbonyl (C=O) groups excluding carboxylic acids is 2. The Morgan fingerprint density at radius 3 is 2.35 bits per heavy atom. The number of piperazine rings is 1. The van der Waals surface area contributed by atoms with Crippen LogP contribution in [0.5, 0.6) is 11.5 Å². The van der Waals surface area contributed by atoms with Gasteiger partial charge in [-0.3, -0.25) is 9.59 Å². The van der Waals surface area contributed by atoms with Crippen LogP contribution in [0.4, 0.5) is 0 Å². The van der Waals surface area contributed by atoms with Gasteiger partial charge in [0.15, 0.2) is 0 Å². The van der Waals surface area contributed by atoms with Gasteiger partial charge in [0.1, 0.15) is 11.5 Å². The average Bonchev–Trinajstić information content (AvgIpc) is 2.44. The van der Waals surface area contributed by atoms with E-state index >= 15 is 0 Å². The van der Waals surface area contributed by atoms with E-state index in [2.05, 4.69) is 10.6 Å². The zero-order chi connectivity index (χ0) is 14.5. The number of phenols is 2. The molecule has 2 amide bonds. The van der Waals surface area contributed by atoms with Crippen molar-refractivity contribution in [1.82, 2.24) is 15.5 Å². The van der Waals surface area contributed by atoms with Crippen LogP contribution in [0.25, 0.3) is 0 Å². The third kappa shape index (κ3) is 3.61. The number of benzene rings is 1. The van der Waals surface area contributed by atoms with Crippen LogP contribution in [0, 0.1) is 0 Å². The van der Waals surface area contributed by atoms with Gasteiger partial charge in [-0.25, -0.2) is 0 Å². The maximum Gasteiger partial charge on any atom is 0.251 e. The largest absolute Gasteiger partial charge is 0.508 e. The van der Waals surface area contributed by atoms with Crippen LogP contribution >= 0.6 is 0 Å². The summed E-state index contributed by atoms with van der Waals surface area (Å²) in [6.45, 7) is 2.65.